The first-order valence-electron chi connectivity index (χ1n) is 9.64. The first-order chi connectivity index (χ1) is 13.1. The molecular weight excluding hydrogens is 332 g/mol. The summed E-state index contributed by atoms with van der Waals surface area (Å²) in [5, 5.41) is 5.91. The number of para-hydroxylation sites is 3. The Balaban J connectivity index is 1.96. The van der Waals surface area contributed by atoms with Crippen LogP contribution >= 0.6 is 0 Å². The third kappa shape index (κ3) is 3.03. The molecule has 0 bridgehead atoms. The van der Waals surface area contributed by atoms with Crippen molar-refractivity contribution in [3.8, 4) is 0 Å². The van der Waals surface area contributed by atoms with Crippen LogP contribution in [0.1, 0.15) is 26.3 Å². The molecule has 3 aromatic carbocycles. The number of hydrogen-bond donors (Lipinski definition) is 1. The SMILES string of the molecule is CCN(c1ccccc1NC(C)C)c1c(C)ccc2c1oc1ccccc12. The molecule has 0 saturated carbocycles. The van der Waals surface area contributed by atoms with E-state index in [0.29, 0.717) is 6.04 Å². The number of furan rings is 1. The van der Waals surface area contributed by atoms with Gasteiger partial charge in [-0.15, -0.1) is 0 Å². The fraction of sp³-hybridized carbons (Fsp3) is 0.250. The van der Waals surface area contributed by atoms with E-state index in [1.165, 1.54) is 22.0 Å². The minimum Gasteiger partial charge on any atom is -0.454 e. The van der Waals surface area contributed by atoms with E-state index >= 15 is 0 Å². The van der Waals surface area contributed by atoms with Crippen molar-refractivity contribution in [1.82, 2.24) is 0 Å². The van der Waals surface area contributed by atoms with Crippen molar-refractivity contribution >= 4 is 39.0 Å². The zero-order valence-electron chi connectivity index (χ0n) is 16.4. The predicted molar refractivity (Wildman–Crippen MR) is 116 cm³/mol. The average Bonchev–Trinajstić information content (AvgIpc) is 3.03. The minimum atomic E-state index is 0.368. The van der Waals surface area contributed by atoms with Crippen LogP contribution in [0, 0.1) is 6.92 Å². The lowest BCUT2D eigenvalue weighted by atomic mass is 10.1. The highest BCUT2D eigenvalue weighted by Gasteiger charge is 2.20. The molecule has 4 aromatic rings. The molecule has 0 atom stereocenters. The lowest BCUT2D eigenvalue weighted by Gasteiger charge is -2.28. The third-order valence-electron chi connectivity index (χ3n) is 4.95. The van der Waals surface area contributed by atoms with Gasteiger partial charge in [-0.2, -0.15) is 0 Å². The molecular formula is C24H26N2O. The van der Waals surface area contributed by atoms with Crippen molar-refractivity contribution < 1.29 is 4.42 Å². The van der Waals surface area contributed by atoms with E-state index in [2.05, 4.69) is 86.4 Å². The highest BCUT2D eigenvalue weighted by molar-refractivity contribution is 6.10. The van der Waals surface area contributed by atoms with Crippen LogP contribution in [-0.2, 0) is 0 Å². The maximum atomic E-state index is 6.33. The van der Waals surface area contributed by atoms with E-state index in [1.54, 1.807) is 0 Å². The fourth-order valence-electron chi connectivity index (χ4n) is 3.80. The molecule has 0 radical (unpaired) electrons. The summed E-state index contributed by atoms with van der Waals surface area (Å²) in [6.45, 7) is 9.53. The van der Waals surface area contributed by atoms with Gasteiger partial charge in [-0.25, -0.2) is 0 Å². The van der Waals surface area contributed by atoms with Crippen molar-refractivity contribution in [2.45, 2.75) is 33.7 Å². The summed E-state index contributed by atoms with van der Waals surface area (Å²) in [4.78, 5) is 2.35. The van der Waals surface area contributed by atoms with Gasteiger partial charge in [-0.05, 0) is 51.5 Å². The quantitative estimate of drug-likeness (QED) is 0.422. The van der Waals surface area contributed by atoms with Gasteiger partial charge in [0.1, 0.15) is 5.58 Å². The van der Waals surface area contributed by atoms with Crippen molar-refractivity contribution in [2.75, 3.05) is 16.8 Å². The molecule has 0 spiro atoms. The number of aryl methyl sites for hydroxylation is 1. The first kappa shape index (κ1) is 17.5. The Morgan fingerprint density at radius 2 is 1.67 bits per heavy atom. The fourth-order valence-corrected chi connectivity index (χ4v) is 3.80. The number of fused-ring (bicyclic) bond motifs is 3. The van der Waals surface area contributed by atoms with Crippen LogP contribution in [0.15, 0.2) is 65.1 Å². The molecule has 0 unspecified atom stereocenters. The highest BCUT2D eigenvalue weighted by atomic mass is 16.3. The number of nitrogens with one attached hydrogen (secondary N) is 1. The molecule has 0 aliphatic heterocycles. The summed E-state index contributed by atoms with van der Waals surface area (Å²) < 4.78 is 6.33. The summed E-state index contributed by atoms with van der Waals surface area (Å²) in [6.07, 6.45) is 0. The normalized spacial score (nSPS) is 11.4. The van der Waals surface area contributed by atoms with Gasteiger partial charge in [0.05, 0.1) is 17.1 Å². The third-order valence-corrected chi connectivity index (χ3v) is 4.95. The van der Waals surface area contributed by atoms with Crippen molar-refractivity contribution in [3.05, 3.63) is 66.2 Å². The molecule has 3 nitrogen and oxygen atoms in total. The van der Waals surface area contributed by atoms with Gasteiger partial charge in [-0.1, -0.05) is 42.5 Å². The van der Waals surface area contributed by atoms with Gasteiger partial charge in [0.2, 0.25) is 0 Å². The summed E-state index contributed by atoms with van der Waals surface area (Å²) in [5.74, 6) is 0. The molecule has 1 heterocycles. The Kier molecular flexibility index (Phi) is 4.53. The number of anilines is 3. The summed E-state index contributed by atoms with van der Waals surface area (Å²) in [6, 6.07) is 21.5. The van der Waals surface area contributed by atoms with Crippen LogP contribution in [0.3, 0.4) is 0 Å². The monoisotopic (exact) mass is 358 g/mol. The highest BCUT2D eigenvalue weighted by Crippen LogP contribution is 2.41. The summed E-state index contributed by atoms with van der Waals surface area (Å²) >= 11 is 0. The zero-order chi connectivity index (χ0) is 19.0. The summed E-state index contributed by atoms with van der Waals surface area (Å²) in [5.41, 5.74) is 6.56. The van der Waals surface area contributed by atoms with Gasteiger partial charge in [0.25, 0.3) is 0 Å². The van der Waals surface area contributed by atoms with E-state index in [0.717, 1.165) is 29.1 Å². The van der Waals surface area contributed by atoms with Gasteiger partial charge in [-0.3, -0.25) is 0 Å². The standard InChI is InChI=1S/C24H26N2O/c1-5-26(21-12-8-7-11-20(21)25-16(2)3)23-17(4)14-15-19-18-10-6-9-13-22(18)27-24(19)23/h6-16,25H,5H2,1-4H3. The number of nitrogens with zero attached hydrogens (tertiary/aromatic N) is 1. The molecule has 1 aromatic heterocycles. The number of benzene rings is 3. The van der Waals surface area contributed by atoms with Gasteiger partial charge >= 0.3 is 0 Å². The van der Waals surface area contributed by atoms with E-state index < -0.39 is 0 Å². The second-order valence-electron chi connectivity index (χ2n) is 7.27. The molecule has 1 N–H and O–H groups in total. The molecule has 4 rings (SSSR count). The van der Waals surface area contributed by atoms with Crippen LogP contribution in [0.2, 0.25) is 0 Å². The molecule has 0 saturated heterocycles. The Bertz CT molecular complexity index is 1090. The molecule has 0 aliphatic rings. The lowest BCUT2D eigenvalue weighted by Crippen LogP contribution is -2.20. The maximum Gasteiger partial charge on any atom is 0.159 e. The first-order valence-corrected chi connectivity index (χ1v) is 9.64. The summed E-state index contributed by atoms with van der Waals surface area (Å²) in [7, 11) is 0. The van der Waals surface area contributed by atoms with Crippen molar-refractivity contribution in [1.29, 1.82) is 0 Å². The van der Waals surface area contributed by atoms with Gasteiger partial charge in [0.15, 0.2) is 5.58 Å². The van der Waals surface area contributed by atoms with Crippen molar-refractivity contribution in [2.24, 2.45) is 0 Å². The maximum absolute atomic E-state index is 6.33. The molecule has 0 aliphatic carbocycles. The van der Waals surface area contributed by atoms with Crippen LogP contribution in [-0.4, -0.2) is 12.6 Å². The smallest absolute Gasteiger partial charge is 0.159 e. The Morgan fingerprint density at radius 3 is 2.44 bits per heavy atom. The van der Waals surface area contributed by atoms with Gasteiger partial charge in [0, 0.05) is 23.4 Å². The molecule has 27 heavy (non-hydrogen) atoms. The van der Waals surface area contributed by atoms with Gasteiger partial charge < -0.3 is 14.6 Å². The van der Waals surface area contributed by atoms with E-state index in [4.69, 9.17) is 4.42 Å². The topological polar surface area (TPSA) is 28.4 Å². The Hall–Kier alpha value is -2.94. The van der Waals surface area contributed by atoms with Crippen LogP contribution < -0.4 is 10.2 Å². The van der Waals surface area contributed by atoms with E-state index in [-0.39, 0.29) is 0 Å². The lowest BCUT2D eigenvalue weighted by molar-refractivity contribution is 0.667. The van der Waals surface area contributed by atoms with Crippen LogP contribution in [0.25, 0.3) is 21.9 Å². The second-order valence-corrected chi connectivity index (χ2v) is 7.27. The molecule has 3 heteroatoms. The Morgan fingerprint density at radius 1 is 0.926 bits per heavy atom. The molecule has 0 fully saturated rings. The van der Waals surface area contributed by atoms with Crippen molar-refractivity contribution in [3.63, 3.8) is 0 Å². The average molecular weight is 358 g/mol. The van der Waals surface area contributed by atoms with Crippen LogP contribution in [0.4, 0.5) is 17.1 Å². The number of hydrogen-bond acceptors (Lipinski definition) is 3. The predicted octanol–water partition coefficient (Wildman–Crippen LogP) is 6.87. The minimum absolute atomic E-state index is 0.368. The molecule has 0 amide bonds. The largest absolute Gasteiger partial charge is 0.454 e. The van der Waals surface area contributed by atoms with E-state index in [9.17, 15) is 0 Å². The van der Waals surface area contributed by atoms with E-state index in [1.807, 2.05) is 12.1 Å². The number of rotatable bonds is 5. The zero-order valence-corrected chi connectivity index (χ0v) is 16.4. The molecule has 138 valence electrons. The second kappa shape index (κ2) is 6.99. The Labute approximate surface area is 160 Å². The van der Waals surface area contributed by atoms with Crippen LogP contribution in [0.5, 0.6) is 0 Å².